The van der Waals surface area contributed by atoms with Crippen LogP contribution in [0.5, 0.6) is 0 Å². The summed E-state index contributed by atoms with van der Waals surface area (Å²) >= 11 is 1.87. The highest BCUT2D eigenvalue weighted by atomic mass is 32.1. The molecule has 1 nitrogen and oxygen atoms in total. The van der Waals surface area contributed by atoms with Gasteiger partial charge in [-0.25, -0.2) is 0 Å². The van der Waals surface area contributed by atoms with Gasteiger partial charge in [0.15, 0.2) is 0 Å². The van der Waals surface area contributed by atoms with E-state index in [1.54, 1.807) is 0 Å². The van der Waals surface area contributed by atoms with Gasteiger partial charge in [0.1, 0.15) is 0 Å². The largest absolute Gasteiger partial charge is 0.389 e. The van der Waals surface area contributed by atoms with Crippen LogP contribution in [0.3, 0.4) is 0 Å². The fraction of sp³-hybridized carbons (Fsp3) is 0.733. The van der Waals surface area contributed by atoms with Crippen molar-refractivity contribution < 1.29 is 5.11 Å². The summed E-state index contributed by atoms with van der Waals surface area (Å²) in [7, 11) is 0. The molecule has 3 atom stereocenters. The average molecular weight is 252 g/mol. The highest BCUT2D eigenvalue weighted by Crippen LogP contribution is 2.39. The number of thiophene rings is 1. The first-order chi connectivity index (χ1) is 8.03. The number of rotatable bonds is 3. The molecule has 1 heterocycles. The van der Waals surface area contributed by atoms with E-state index in [1.807, 2.05) is 11.3 Å². The summed E-state index contributed by atoms with van der Waals surface area (Å²) in [5, 5.41) is 10.8. The molecule has 1 aromatic rings. The number of aliphatic hydroxyl groups is 1. The van der Waals surface area contributed by atoms with Gasteiger partial charge < -0.3 is 5.11 Å². The SMILES string of the molecule is CCc1ccc(CC2(O)CCC(C)CC2C)s1. The quantitative estimate of drug-likeness (QED) is 0.861. The van der Waals surface area contributed by atoms with Crippen LogP contribution in [0.15, 0.2) is 12.1 Å². The third-order valence-corrected chi connectivity index (χ3v) is 5.52. The van der Waals surface area contributed by atoms with Crippen LogP contribution in [-0.4, -0.2) is 10.7 Å². The zero-order valence-electron chi connectivity index (χ0n) is 11.2. The van der Waals surface area contributed by atoms with Gasteiger partial charge in [-0.2, -0.15) is 0 Å². The van der Waals surface area contributed by atoms with Crippen LogP contribution in [0, 0.1) is 11.8 Å². The van der Waals surface area contributed by atoms with E-state index in [1.165, 1.54) is 22.6 Å². The molecule has 0 aliphatic heterocycles. The maximum Gasteiger partial charge on any atom is 0.0721 e. The molecule has 0 radical (unpaired) electrons. The molecule has 1 saturated carbocycles. The van der Waals surface area contributed by atoms with Gasteiger partial charge >= 0.3 is 0 Å². The van der Waals surface area contributed by atoms with Gasteiger partial charge in [0.2, 0.25) is 0 Å². The molecular weight excluding hydrogens is 228 g/mol. The molecule has 96 valence electrons. The van der Waals surface area contributed by atoms with Crippen molar-refractivity contribution in [3.05, 3.63) is 21.9 Å². The first-order valence-electron chi connectivity index (χ1n) is 6.83. The van der Waals surface area contributed by atoms with Crippen molar-refractivity contribution in [1.82, 2.24) is 0 Å². The number of hydrogen-bond donors (Lipinski definition) is 1. The highest BCUT2D eigenvalue weighted by Gasteiger charge is 2.38. The zero-order chi connectivity index (χ0) is 12.5. The summed E-state index contributed by atoms with van der Waals surface area (Å²) in [6.07, 6.45) is 5.27. The van der Waals surface area contributed by atoms with E-state index >= 15 is 0 Å². The van der Waals surface area contributed by atoms with Crippen molar-refractivity contribution in [3.63, 3.8) is 0 Å². The molecule has 0 aromatic carbocycles. The fourth-order valence-electron chi connectivity index (χ4n) is 2.96. The number of hydrogen-bond acceptors (Lipinski definition) is 2. The van der Waals surface area contributed by atoms with Gasteiger partial charge in [-0.05, 0) is 49.7 Å². The molecule has 2 rings (SSSR count). The highest BCUT2D eigenvalue weighted by molar-refractivity contribution is 7.12. The van der Waals surface area contributed by atoms with Crippen molar-refractivity contribution in [2.24, 2.45) is 11.8 Å². The molecule has 1 aliphatic carbocycles. The van der Waals surface area contributed by atoms with Gasteiger partial charge in [0.25, 0.3) is 0 Å². The summed E-state index contributed by atoms with van der Waals surface area (Å²) in [4.78, 5) is 2.78. The minimum absolute atomic E-state index is 0.429. The lowest BCUT2D eigenvalue weighted by Gasteiger charge is -2.40. The Balaban J connectivity index is 2.06. The maximum atomic E-state index is 10.8. The molecular formula is C15H24OS. The van der Waals surface area contributed by atoms with Crippen molar-refractivity contribution in [2.45, 2.75) is 58.5 Å². The summed E-state index contributed by atoms with van der Waals surface area (Å²) in [5.41, 5.74) is -0.456. The van der Waals surface area contributed by atoms with Gasteiger partial charge in [0, 0.05) is 16.2 Å². The van der Waals surface area contributed by atoms with E-state index in [-0.39, 0.29) is 0 Å². The Morgan fingerprint density at radius 1 is 1.35 bits per heavy atom. The van der Waals surface area contributed by atoms with Crippen LogP contribution in [0.4, 0.5) is 0 Å². The molecule has 2 heteroatoms. The molecule has 3 unspecified atom stereocenters. The predicted molar refractivity (Wildman–Crippen MR) is 74.5 cm³/mol. The van der Waals surface area contributed by atoms with Crippen LogP contribution in [0.2, 0.25) is 0 Å². The second-order valence-electron chi connectivity index (χ2n) is 5.78. The minimum Gasteiger partial charge on any atom is -0.389 e. The number of aryl methyl sites for hydroxylation is 1. The first kappa shape index (κ1) is 13.1. The van der Waals surface area contributed by atoms with Gasteiger partial charge in [0.05, 0.1) is 5.60 Å². The Bertz CT molecular complexity index is 371. The summed E-state index contributed by atoms with van der Waals surface area (Å²) < 4.78 is 0. The predicted octanol–water partition coefficient (Wildman–Crippen LogP) is 4.04. The third-order valence-electron chi connectivity index (χ3n) is 4.29. The van der Waals surface area contributed by atoms with Gasteiger partial charge in [-0.3, -0.25) is 0 Å². The Labute approximate surface area is 109 Å². The normalized spacial score (nSPS) is 33.9. The van der Waals surface area contributed by atoms with E-state index in [2.05, 4.69) is 32.9 Å². The van der Waals surface area contributed by atoms with E-state index in [4.69, 9.17) is 0 Å². The molecule has 0 amide bonds. The lowest BCUT2D eigenvalue weighted by molar-refractivity contribution is -0.0516. The zero-order valence-corrected chi connectivity index (χ0v) is 12.0. The summed E-state index contributed by atoms with van der Waals surface area (Å²) in [6, 6.07) is 4.41. The Hall–Kier alpha value is -0.340. The molecule has 1 fully saturated rings. The van der Waals surface area contributed by atoms with Gasteiger partial charge in [-0.1, -0.05) is 20.8 Å². The third kappa shape index (κ3) is 2.92. The first-order valence-corrected chi connectivity index (χ1v) is 7.65. The molecule has 1 aliphatic rings. The molecule has 0 saturated heterocycles. The molecule has 1 N–H and O–H groups in total. The minimum atomic E-state index is -0.456. The Kier molecular flexibility index (Phi) is 3.94. The monoisotopic (exact) mass is 252 g/mol. The molecule has 17 heavy (non-hydrogen) atoms. The fourth-order valence-corrected chi connectivity index (χ4v) is 4.03. The lowest BCUT2D eigenvalue weighted by Crippen LogP contribution is -2.42. The van der Waals surface area contributed by atoms with Crippen LogP contribution in [0.25, 0.3) is 0 Å². The van der Waals surface area contributed by atoms with E-state index < -0.39 is 5.60 Å². The maximum absolute atomic E-state index is 10.8. The Morgan fingerprint density at radius 2 is 2.06 bits per heavy atom. The van der Waals surface area contributed by atoms with Crippen LogP contribution < -0.4 is 0 Å². The summed E-state index contributed by atoms with van der Waals surface area (Å²) in [6.45, 7) is 6.70. The van der Waals surface area contributed by atoms with Crippen LogP contribution >= 0.6 is 11.3 Å². The second kappa shape index (κ2) is 5.11. The summed E-state index contributed by atoms with van der Waals surface area (Å²) in [5.74, 6) is 1.21. The lowest BCUT2D eigenvalue weighted by atomic mass is 9.70. The molecule has 1 aromatic heterocycles. The van der Waals surface area contributed by atoms with E-state index in [9.17, 15) is 5.11 Å². The molecule has 0 bridgehead atoms. The van der Waals surface area contributed by atoms with Crippen LogP contribution in [0.1, 0.15) is 49.8 Å². The van der Waals surface area contributed by atoms with Crippen molar-refractivity contribution in [2.75, 3.05) is 0 Å². The van der Waals surface area contributed by atoms with Crippen molar-refractivity contribution in [1.29, 1.82) is 0 Å². The second-order valence-corrected chi connectivity index (χ2v) is 7.04. The van der Waals surface area contributed by atoms with Gasteiger partial charge in [-0.15, -0.1) is 11.3 Å². The van der Waals surface area contributed by atoms with Crippen LogP contribution in [-0.2, 0) is 12.8 Å². The standard InChI is InChI=1S/C15H24OS/c1-4-13-5-6-14(17-13)10-15(16)8-7-11(2)9-12(15)3/h5-6,11-12,16H,4,7-10H2,1-3H3. The average Bonchev–Trinajstić information content (AvgIpc) is 2.72. The van der Waals surface area contributed by atoms with Crippen molar-refractivity contribution in [3.8, 4) is 0 Å². The molecule has 0 spiro atoms. The Morgan fingerprint density at radius 3 is 2.65 bits per heavy atom. The van der Waals surface area contributed by atoms with Crippen molar-refractivity contribution >= 4 is 11.3 Å². The smallest absolute Gasteiger partial charge is 0.0721 e. The van der Waals surface area contributed by atoms with E-state index in [0.717, 1.165) is 25.2 Å². The topological polar surface area (TPSA) is 20.2 Å². The van der Waals surface area contributed by atoms with E-state index in [0.29, 0.717) is 5.92 Å².